The van der Waals surface area contributed by atoms with Crippen LogP contribution in [0.2, 0.25) is 0 Å². The molecule has 154 valence electrons. The van der Waals surface area contributed by atoms with E-state index in [1.165, 1.54) is 0 Å². The van der Waals surface area contributed by atoms with Crippen LogP contribution in [0.25, 0.3) is 0 Å². The molecular weight excluding hydrogens is 370 g/mol. The van der Waals surface area contributed by atoms with Crippen LogP contribution < -0.4 is 15.4 Å². The molecule has 0 saturated carbocycles. The molecule has 2 aliphatic heterocycles. The highest BCUT2D eigenvalue weighted by molar-refractivity contribution is 6.03. The maximum atomic E-state index is 11.5. The number of nitrogens with two attached hydrogens (primary N) is 1. The van der Waals surface area contributed by atoms with Crippen LogP contribution >= 0.6 is 0 Å². The van der Waals surface area contributed by atoms with Gasteiger partial charge in [-0.05, 0) is 32.9 Å². The molecule has 0 spiro atoms. The smallest absolute Gasteiger partial charge is 0.239 e. The van der Waals surface area contributed by atoms with Crippen LogP contribution in [0.3, 0.4) is 0 Å². The largest absolute Gasteiger partial charge is 0.491 e. The summed E-state index contributed by atoms with van der Waals surface area (Å²) < 4.78 is 7.94. The van der Waals surface area contributed by atoms with Crippen molar-refractivity contribution in [2.24, 2.45) is 10.7 Å². The van der Waals surface area contributed by atoms with E-state index >= 15 is 0 Å². The van der Waals surface area contributed by atoms with Gasteiger partial charge in [-0.2, -0.15) is 5.10 Å². The molecule has 3 heterocycles. The van der Waals surface area contributed by atoms with Gasteiger partial charge in [0, 0.05) is 31.4 Å². The van der Waals surface area contributed by atoms with E-state index in [1.807, 2.05) is 34.8 Å². The van der Waals surface area contributed by atoms with Crippen LogP contribution in [0.5, 0.6) is 5.75 Å². The number of primary amides is 1. The molecule has 1 amide bonds. The second-order valence-electron chi connectivity index (χ2n) is 7.79. The topological polar surface area (TPSA) is 102 Å². The number of rotatable bonds is 5. The summed E-state index contributed by atoms with van der Waals surface area (Å²) in [5.74, 6) is 2.19. The Hall–Kier alpha value is -3.10. The molecule has 4 rings (SSSR count). The summed E-state index contributed by atoms with van der Waals surface area (Å²) in [6.07, 6.45) is 1.60. The number of amides is 1. The third kappa shape index (κ3) is 3.41. The van der Waals surface area contributed by atoms with Gasteiger partial charge in [0.15, 0.2) is 5.82 Å². The van der Waals surface area contributed by atoms with Crippen molar-refractivity contribution in [2.45, 2.75) is 38.9 Å². The number of nitrogens with zero attached hydrogens (tertiary/aromatic N) is 6. The fourth-order valence-corrected chi connectivity index (χ4v) is 3.75. The van der Waals surface area contributed by atoms with Crippen molar-refractivity contribution in [1.82, 2.24) is 19.7 Å². The van der Waals surface area contributed by atoms with E-state index in [4.69, 9.17) is 15.5 Å². The predicted molar refractivity (Wildman–Crippen MR) is 110 cm³/mol. The molecule has 1 aromatic carbocycles. The number of benzene rings is 1. The average Bonchev–Trinajstić information content (AvgIpc) is 3.30. The Balaban J connectivity index is 1.68. The fraction of sp³-hybridized carbons (Fsp3) is 0.500. The number of carbonyl (C=O) groups excluding carboxylic acids is 1. The number of hydrogen-bond donors (Lipinski definition) is 1. The third-order valence-electron chi connectivity index (χ3n) is 5.58. The summed E-state index contributed by atoms with van der Waals surface area (Å²) in [5.41, 5.74) is 7.27. The molecule has 9 heteroatoms. The van der Waals surface area contributed by atoms with Gasteiger partial charge in [0.2, 0.25) is 5.91 Å². The zero-order chi connectivity index (χ0) is 20.7. The lowest BCUT2D eigenvalue weighted by Crippen LogP contribution is -2.40. The second kappa shape index (κ2) is 7.38. The van der Waals surface area contributed by atoms with Gasteiger partial charge in [0.05, 0.1) is 12.1 Å². The van der Waals surface area contributed by atoms with Crippen LogP contribution in [0.1, 0.15) is 44.2 Å². The van der Waals surface area contributed by atoms with Crippen molar-refractivity contribution in [1.29, 1.82) is 0 Å². The molecule has 2 N–H and O–H groups in total. The zero-order valence-corrected chi connectivity index (χ0v) is 17.2. The molecule has 0 fully saturated rings. The normalized spacial score (nSPS) is 19.1. The van der Waals surface area contributed by atoms with Crippen molar-refractivity contribution < 1.29 is 9.53 Å². The van der Waals surface area contributed by atoms with Crippen molar-refractivity contribution >= 4 is 17.4 Å². The first-order valence-corrected chi connectivity index (χ1v) is 9.88. The molecule has 1 aromatic heterocycles. The summed E-state index contributed by atoms with van der Waals surface area (Å²) in [4.78, 5) is 25.1. The van der Waals surface area contributed by atoms with E-state index in [0.717, 1.165) is 41.7 Å². The van der Waals surface area contributed by atoms with Crippen LogP contribution in [-0.4, -0.2) is 64.2 Å². The first kappa shape index (κ1) is 19.2. The van der Waals surface area contributed by atoms with E-state index in [9.17, 15) is 4.79 Å². The van der Waals surface area contributed by atoms with Crippen LogP contribution in [-0.2, 0) is 4.79 Å². The van der Waals surface area contributed by atoms with E-state index in [-0.39, 0.29) is 18.0 Å². The van der Waals surface area contributed by atoms with Crippen LogP contribution in [0, 0.1) is 0 Å². The summed E-state index contributed by atoms with van der Waals surface area (Å²) >= 11 is 0. The lowest BCUT2D eigenvalue weighted by Gasteiger charge is -2.25. The highest BCUT2D eigenvalue weighted by atomic mass is 16.5. The van der Waals surface area contributed by atoms with Gasteiger partial charge in [-0.1, -0.05) is 0 Å². The SMILES string of the molecule is CC(C)n1ncnc1C1CN2CCOc3cc(N(C)[C@@H](C)C(N)=O)ccc3C2=N1. The first-order valence-electron chi connectivity index (χ1n) is 9.88. The molecular formula is C20H27N7O2. The van der Waals surface area contributed by atoms with Crippen LogP contribution in [0.4, 0.5) is 5.69 Å². The minimum absolute atomic E-state index is 0.0573. The Morgan fingerprint density at radius 1 is 1.34 bits per heavy atom. The van der Waals surface area contributed by atoms with Gasteiger partial charge in [0.25, 0.3) is 0 Å². The molecule has 0 saturated heterocycles. The summed E-state index contributed by atoms with van der Waals surface area (Å²) in [5, 5.41) is 4.35. The minimum atomic E-state index is -0.411. The predicted octanol–water partition coefficient (Wildman–Crippen LogP) is 1.36. The molecule has 0 radical (unpaired) electrons. The fourth-order valence-electron chi connectivity index (χ4n) is 3.75. The summed E-state index contributed by atoms with van der Waals surface area (Å²) in [6.45, 7) is 8.04. The quantitative estimate of drug-likeness (QED) is 0.817. The third-order valence-corrected chi connectivity index (χ3v) is 5.58. The number of ether oxygens (including phenoxy) is 1. The zero-order valence-electron chi connectivity index (χ0n) is 17.2. The first-order chi connectivity index (χ1) is 13.9. The molecule has 0 aliphatic carbocycles. The lowest BCUT2D eigenvalue weighted by atomic mass is 10.1. The molecule has 29 heavy (non-hydrogen) atoms. The Bertz CT molecular complexity index is 952. The number of carbonyl (C=O) groups is 1. The summed E-state index contributed by atoms with van der Waals surface area (Å²) in [6, 6.07) is 5.68. The molecule has 0 bridgehead atoms. The average molecular weight is 397 g/mol. The number of aliphatic imine (C=N–C) groups is 1. The second-order valence-corrected chi connectivity index (χ2v) is 7.79. The monoisotopic (exact) mass is 397 g/mol. The number of amidine groups is 1. The van der Waals surface area contributed by atoms with Crippen molar-refractivity contribution in [2.75, 3.05) is 31.6 Å². The highest BCUT2D eigenvalue weighted by Gasteiger charge is 2.33. The van der Waals surface area contributed by atoms with E-state index < -0.39 is 6.04 Å². The van der Waals surface area contributed by atoms with Gasteiger partial charge in [-0.25, -0.2) is 9.67 Å². The van der Waals surface area contributed by atoms with E-state index in [1.54, 1.807) is 13.3 Å². The van der Waals surface area contributed by atoms with Gasteiger partial charge in [-0.15, -0.1) is 0 Å². The standard InChI is InChI=1S/C20H27N7O2/c1-12(2)27-20(22-11-23-27)16-10-26-7-8-29-17-9-14(25(4)13(3)18(21)28)5-6-15(17)19(26)24-16/h5-6,9,11-13,16H,7-8,10H2,1-4H3,(H2,21,28)/t13-,16?/m0/s1. The Morgan fingerprint density at radius 3 is 2.86 bits per heavy atom. The Kier molecular flexibility index (Phi) is 4.89. The van der Waals surface area contributed by atoms with Crippen molar-refractivity contribution in [3.05, 3.63) is 35.9 Å². The lowest BCUT2D eigenvalue weighted by molar-refractivity contribution is -0.118. The van der Waals surface area contributed by atoms with Crippen LogP contribution in [0.15, 0.2) is 29.5 Å². The van der Waals surface area contributed by atoms with Crippen molar-refractivity contribution in [3.63, 3.8) is 0 Å². The maximum Gasteiger partial charge on any atom is 0.239 e. The van der Waals surface area contributed by atoms with Gasteiger partial charge >= 0.3 is 0 Å². The number of aromatic nitrogens is 3. The number of likely N-dealkylation sites (N-methyl/N-ethyl adjacent to an activating group) is 1. The molecule has 2 aromatic rings. The maximum absolute atomic E-state index is 11.5. The van der Waals surface area contributed by atoms with Gasteiger partial charge < -0.3 is 20.3 Å². The number of hydrogen-bond acceptors (Lipinski definition) is 7. The van der Waals surface area contributed by atoms with E-state index in [0.29, 0.717) is 6.61 Å². The molecule has 2 aliphatic rings. The van der Waals surface area contributed by atoms with Gasteiger partial charge in [0.1, 0.15) is 36.6 Å². The number of anilines is 1. The van der Waals surface area contributed by atoms with E-state index in [2.05, 4.69) is 28.8 Å². The minimum Gasteiger partial charge on any atom is -0.491 e. The van der Waals surface area contributed by atoms with Crippen molar-refractivity contribution in [3.8, 4) is 5.75 Å². The Morgan fingerprint density at radius 2 is 2.14 bits per heavy atom. The molecule has 1 unspecified atom stereocenters. The molecule has 2 atom stereocenters. The Labute approximate surface area is 170 Å². The summed E-state index contributed by atoms with van der Waals surface area (Å²) in [7, 11) is 1.85. The van der Waals surface area contributed by atoms with Gasteiger partial charge in [-0.3, -0.25) is 9.79 Å². The highest BCUT2D eigenvalue weighted by Crippen LogP contribution is 2.34. The molecule has 9 nitrogen and oxygen atoms in total. The number of fused-ring (bicyclic) bond motifs is 3.